The number of aromatic nitrogens is 4. The van der Waals surface area contributed by atoms with Gasteiger partial charge in [0.1, 0.15) is 29.4 Å². The van der Waals surface area contributed by atoms with E-state index in [1.54, 1.807) is 42.2 Å². The number of imide groups is 1. The van der Waals surface area contributed by atoms with Gasteiger partial charge in [0.05, 0.1) is 40.1 Å². The predicted octanol–water partition coefficient (Wildman–Crippen LogP) is 6.50. The Morgan fingerprint density at radius 3 is 2.63 bits per heavy atom. The number of halogens is 3. The highest BCUT2D eigenvalue weighted by Gasteiger charge is 2.46. The van der Waals surface area contributed by atoms with Crippen LogP contribution in [0.15, 0.2) is 48.7 Å². The summed E-state index contributed by atoms with van der Waals surface area (Å²) in [5, 5.41) is 16.7. The highest BCUT2D eigenvalue weighted by Crippen LogP contribution is 2.45. The molecule has 3 aliphatic heterocycles. The molecule has 4 atom stereocenters. The van der Waals surface area contributed by atoms with Crippen LogP contribution in [0.25, 0.3) is 21.9 Å². The number of rotatable bonds is 6. The van der Waals surface area contributed by atoms with Gasteiger partial charge in [0.2, 0.25) is 5.91 Å². The molecule has 3 aromatic carbocycles. The fourth-order valence-electron chi connectivity index (χ4n) is 9.16. The van der Waals surface area contributed by atoms with Crippen LogP contribution < -0.4 is 20.7 Å². The molecule has 1 aliphatic carbocycles. The molecule has 3 N–H and O–H groups in total. The molecule has 0 radical (unpaired) electrons. The number of ether oxygens (including phenoxy) is 2. The number of alkyl halides is 1. The van der Waals surface area contributed by atoms with Gasteiger partial charge in [-0.3, -0.25) is 29.6 Å². The molecule has 16 heteroatoms. The summed E-state index contributed by atoms with van der Waals surface area (Å²) in [6, 6.07) is 11.6. The van der Waals surface area contributed by atoms with E-state index in [-0.39, 0.29) is 71.6 Å². The molecule has 4 aliphatic rings. The van der Waals surface area contributed by atoms with E-state index in [0.717, 1.165) is 31.0 Å². The fourth-order valence-corrected chi connectivity index (χ4v) is 9.16. The number of piperidine rings is 1. The Morgan fingerprint density at radius 2 is 1.86 bits per heavy atom. The Morgan fingerprint density at radius 1 is 1.04 bits per heavy atom. The molecular formula is C41H40F3N9O4. The summed E-state index contributed by atoms with van der Waals surface area (Å²) in [6.07, 6.45) is 4.43. The first kappa shape index (κ1) is 36.8. The van der Waals surface area contributed by atoms with Gasteiger partial charge >= 0.3 is 6.03 Å². The van der Waals surface area contributed by atoms with Gasteiger partial charge in [-0.25, -0.2) is 22.9 Å². The maximum Gasteiger partial charge on any atom is 0.329 e. The first-order valence-corrected chi connectivity index (χ1v) is 19.2. The number of hydrogen-bond donors (Lipinski definition) is 2. The van der Waals surface area contributed by atoms with Crippen molar-refractivity contribution in [2.75, 3.05) is 36.9 Å². The zero-order chi connectivity index (χ0) is 39.6. The number of likely N-dealkylation sites (tertiary alicyclic amines) is 1. The highest BCUT2D eigenvalue weighted by molar-refractivity contribution is 6.08. The number of benzene rings is 3. The summed E-state index contributed by atoms with van der Waals surface area (Å²) in [5.41, 5.74) is 8.59. The number of fused-ring (bicyclic) bond motifs is 2. The van der Waals surface area contributed by atoms with Gasteiger partial charge in [0.25, 0.3) is 0 Å². The van der Waals surface area contributed by atoms with Crippen molar-refractivity contribution in [2.24, 2.45) is 7.05 Å². The van der Waals surface area contributed by atoms with Gasteiger partial charge in [0.15, 0.2) is 17.4 Å². The molecule has 294 valence electrons. The van der Waals surface area contributed by atoms with Crippen LogP contribution in [0.2, 0.25) is 0 Å². The quantitative estimate of drug-likeness (QED) is 0.182. The molecule has 57 heavy (non-hydrogen) atoms. The Bertz CT molecular complexity index is 2480. The standard InChI is InChI=1S/C41H40F3N9O4/c1-51-36-17-25(29(43)16-26(36)39(50-51)53-11-8-37(54)49-40(53)55)22-2-7-35(30(44)14-22)52-12-9-41(10-13-52)18-23(21-56-41)34-20-47-32-6-3-24(15-33(32)48-34)57-38-27(19-45)31(46)5-4-28(38)42/h3-6,15-17,20,22-23,30,35H,2,7-14,18,21,46H2,1H3,(H,49,54,55)/t22?,23-,30?,35?/m0/s1. The summed E-state index contributed by atoms with van der Waals surface area (Å²) in [5.74, 6) is -1.49. The maximum absolute atomic E-state index is 16.1. The largest absolute Gasteiger partial charge is 0.453 e. The number of nitrogens with zero attached hydrogens (tertiary/aromatic N) is 7. The van der Waals surface area contributed by atoms with Gasteiger partial charge in [-0.1, -0.05) is 0 Å². The maximum atomic E-state index is 16.1. The SMILES string of the molecule is Cn1nc(N2CCC(=O)NC2=O)c2cc(F)c(C3CCC(N4CCC5(CC4)C[C@H](c4cnc6ccc(Oc7c(F)ccc(N)c7C#N)cc6n4)CO5)C(F)C3)cc21. The number of carbonyl (C=O) groups is 2. The minimum absolute atomic E-state index is 0.00268. The van der Waals surface area contributed by atoms with E-state index in [1.165, 1.54) is 17.0 Å². The van der Waals surface area contributed by atoms with Crippen LogP contribution in [-0.4, -0.2) is 80.6 Å². The zero-order valence-electron chi connectivity index (χ0n) is 31.2. The second-order valence-electron chi connectivity index (χ2n) is 15.6. The first-order valence-electron chi connectivity index (χ1n) is 19.2. The fraction of sp³-hybridized carbons (Fsp3) is 0.415. The van der Waals surface area contributed by atoms with Crippen LogP contribution in [-0.2, 0) is 16.6 Å². The smallest absolute Gasteiger partial charge is 0.329 e. The molecule has 3 unspecified atom stereocenters. The molecular weight excluding hydrogens is 740 g/mol. The zero-order valence-corrected chi connectivity index (χ0v) is 31.2. The summed E-state index contributed by atoms with van der Waals surface area (Å²) < 4.78 is 60.3. The third-order valence-corrected chi connectivity index (χ3v) is 12.2. The molecule has 5 heterocycles. The van der Waals surface area contributed by atoms with Crippen molar-refractivity contribution in [3.8, 4) is 17.6 Å². The molecule has 3 saturated heterocycles. The lowest BCUT2D eigenvalue weighted by Gasteiger charge is -2.45. The Labute approximate surface area is 325 Å². The second-order valence-corrected chi connectivity index (χ2v) is 15.6. The van der Waals surface area contributed by atoms with E-state index in [9.17, 15) is 19.2 Å². The number of nitrogens with one attached hydrogen (secondary N) is 1. The molecule has 1 saturated carbocycles. The van der Waals surface area contributed by atoms with Crippen molar-refractivity contribution in [3.63, 3.8) is 0 Å². The van der Waals surface area contributed by atoms with Crippen molar-refractivity contribution in [1.29, 1.82) is 5.26 Å². The number of aryl methyl sites for hydroxylation is 1. The first-order chi connectivity index (χ1) is 27.5. The summed E-state index contributed by atoms with van der Waals surface area (Å²) in [4.78, 5) is 37.2. The van der Waals surface area contributed by atoms with E-state index in [4.69, 9.17) is 20.2 Å². The van der Waals surface area contributed by atoms with Crippen LogP contribution in [0.1, 0.15) is 73.6 Å². The van der Waals surface area contributed by atoms with Gasteiger partial charge in [0, 0.05) is 62.7 Å². The van der Waals surface area contributed by atoms with E-state index in [1.807, 2.05) is 6.07 Å². The van der Waals surface area contributed by atoms with Crippen LogP contribution in [0.4, 0.5) is 29.5 Å². The van der Waals surface area contributed by atoms with Crippen LogP contribution in [0.5, 0.6) is 11.5 Å². The lowest BCUT2D eigenvalue weighted by atomic mass is 9.78. The van der Waals surface area contributed by atoms with Crippen molar-refractivity contribution >= 4 is 45.4 Å². The van der Waals surface area contributed by atoms with Crippen LogP contribution in [0, 0.1) is 23.0 Å². The molecule has 2 aromatic heterocycles. The van der Waals surface area contributed by atoms with Crippen LogP contribution >= 0.6 is 0 Å². The molecule has 1 spiro atoms. The summed E-state index contributed by atoms with van der Waals surface area (Å²) in [6.45, 7) is 2.00. The molecule has 0 bridgehead atoms. The number of amides is 3. The van der Waals surface area contributed by atoms with E-state index < -0.39 is 23.8 Å². The molecule has 5 aromatic rings. The topological polar surface area (TPSA) is 165 Å². The van der Waals surface area contributed by atoms with Crippen molar-refractivity contribution in [1.82, 2.24) is 30.0 Å². The van der Waals surface area contributed by atoms with Crippen molar-refractivity contribution in [2.45, 2.75) is 74.6 Å². The van der Waals surface area contributed by atoms with Gasteiger partial charge in [-0.05, 0) is 86.4 Å². The average Bonchev–Trinajstić information content (AvgIpc) is 3.76. The summed E-state index contributed by atoms with van der Waals surface area (Å²) >= 11 is 0. The Hall–Kier alpha value is -5.79. The monoisotopic (exact) mass is 779 g/mol. The second kappa shape index (κ2) is 14.3. The molecule has 4 fully saturated rings. The lowest BCUT2D eigenvalue weighted by molar-refractivity contribution is -0.120. The Kier molecular flexibility index (Phi) is 9.24. The van der Waals surface area contributed by atoms with Crippen molar-refractivity contribution < 1.29 is 32.2 Å². The van der Waals surface area contributed by atoms with Crippen molar-refractivity contribution in [3.05, 3.63) is 77.1 Å². The lowest BCUT2D eigenvalue weighted by Crippen LogP contribution is -2.52. The van der Waals surface area contributed by atoms with Gasteiger partial charge < -0.3 is 15.2 Å². The normalized spacial score (nSPS) is 23.9. The molecule has 3 amide bonds. The Balaban J connectivity index is 0.831. The highest BCUT2D eigenvalue weighted by atomic mass is 19.1. The number of nitrogen functional groups attached to an aromatic ring is 1. The minimum Gasteiger partial charge on any atom is -0.453 e. The van der Waals surface area contributed by atoms with Crippen LogP contribution in [0.3, 0.4) is 0 Å². The number of anilines is 2. The van der Waals surface area contributed by atoms with E-state index in [0.29, 0.717) is 65.8 Å². The predicted molar refractivity (Wildman–Crippen MR) is 203 cm³/mol. The number of carbonyl (C=O) groups excluding carboxylic acids is 2. The average molecular weight is 780 g/mol. The summed E-state index contributed by atoms with van der Waals surface area (Å²) in [7, 11) is 1.72. The molecule has 13 nitrogen and oxygen atoms in total. The third kappa shape index (κ3) is 6.68. The van der Waals surface area contributed by atoms with Gasteiger partial charge in [-0.2, -0.15) is 10.4 Å². The molecule has 9 rings (SSSR count). The minimum atomic E-state index is -1.13. The van der Waals surface area contributed by atoms with E-state index in [2.05, 4.69) is 20.3 Å². The number of urea groups is 1. The van der Waals surface area contributed by atoms with Gasteiger partial charge in [-0.15, -0.1) is 0 Å². The number of hydrogen-bond acceptors (Lipinski definition) is 10. The number of nitriles is 1. The number of nitrogens with two attached hydrogens (primary N) is 1. The van der Waals surface area contributed by atoms with E-state index >= 15 is 8.78 Å². The third-order valence-electron chi connectivity index (χ3n) is 12.2.